The first-order valence-corrected chi connectivity index (χ1v) is 7.54. The van der Waals surface area contributed by atoms with Gasteiger partial charge in [0.1, 0.15) is 5.82 Å². The van der Waals surface area contributed by atoms with Crippen LogP contribution in [-0.2, 0) is 11.3 Å². The van der Waals surface area contributed by atoms with Crippen LogP contribution in [0.3, 0.4) is 0 Å². The maximum Gasteiger partial charge on any atom is 0.356 e. The molecule has 0 bridgehead atoms. The van der Waals surface area contributed by atoms with E-state index in [1.165, 1.54) is 7.11 Å². The molecule has 0 aliphatic rings. The molecule has 0 spiro atoms. The zero-order valence-electron chi connectivity index (χ0n) is 13.1. The molecule has 0 N–H and O–H groups in total. The van der Waals surface area contributed by atoms with Crippen LogP contribution in [0.15, 0.2) is 30.3 Å². The molecular formula is C17H16ClN3O2. The first kappa shape index (κ1) is 15.5. The van der Waals surface area contributed by atoms with Crippen molar-refractivity contribution in [2.45, 2.75) is 20.4 Å². The molecule has 0 fully saturated rings. The number of aryl methyl sites for hydroxylation is 2. The second kappa shape index (κ2) is 6.01. The van der Waals surface area contributed by atoms with E-state index >= 15 is 0 Å². The second-order valence-electron chi connectivity index (χ2n) is 5.35. The summed E-state index contributed by atoms with van der Waals surface area (Å²) in [6.45, 7) is 4.62. The van der Waals surface area contributed by atoms with Crippen LogP contribution >= 0.6 is 11.6 Å². The van der Waals surface area contributed by atoms with Crippen LogP contribution < -0.4 is 0 Å². The molecule has 0 amide bonds. The van der Waals surface area contributed by atoms with Crippen molar-refractivity contribution in [1.82, 2.24) is 14.5 Å². The van der Waals surface area contributed by atoms with Crippen LogP contribution in [0.4, 0.5) is 0 Å². The van der Waals surface area contributed by atoms with Crippen LogP contribution in [0.2, 0.25) is 5.02 Å². The molecule has 5 nitrogen and oxygen atoms in total. The van der Waals surface area contributed by atoms with E-state index in [-0.39, 0.29) is 5.69 Å². The molecule has 0 radical (unpaired) electrons. The lowest BCUT2D eigenvalue weighted by Crippen LogP contribution is -2.05. The third-order valence-electron chi connectivity index (χ3n) is 3.83. The minimum absolute atomic E-state index is 0.257. The first-order valence-electron chi connectivity index (χ1n) is 7.17. The molecule has 23 heavy (non-hydrogen) atoms. The van der Waals surface area contributed by atoms with Crippen molar-refractivity contribution in [3.05, 3.63) is 58.0 Å². The standard InChI is InChI=1S/C17H16ClN3O2/c1-10-8-13(18)5-4-12(10)9-21-11(2)19-16-15(21)7-6-14(20-16)17(22)23-3/h4-8H,9H2,1-3H3. The second-order valence-corrected chi connectivity index (χ2v) is 5.78. The third-order valence-corrected chi connectivity index (χ3v) is 4.07. The monoisotopic (exact) mass is 329 g/mol. The van der Waals surface area contributed by atoms with Crippen molar-refractivity contribution in [3.8, 4) is 0 Å². The van der Waals surface area contributed by atoms with Gasteiger partial charge in [0.05, 0.1) is 12.6 Å². The number of carbonyl (C=O) groups is 1. The molecule has 0 aliphatic heterocycles. The fourth-order valence-corrected chi connectivity index (χ4v) is 2.77. The number of hydrogen-bond donors (Lipinski definition) is 0. The Hall–Kier alpha value is -2.40. The predicted octanol–water partition coefficient (Wildman–Crippen LogP) is 3.54. The van der Waals surface area contributed by atoms with Gasteiger partial charge in [-0.2, -0.15) is 0 Å². The Kier molecular flexibility index (Phi) is 4.05. The van der Waals surface area contributed by atoms with E-state index in [2.05, 4.69) is 14.5 Å². The van der Waals surface area contributed by atoms with E-state index in [9.17, 15) is 4.79 Å². The summed E-state index contributed by atoms with van der Waals surface area (Å²) >= 11 is 6.01. The van der Waals surface area contributed by atoms with E-state index in [0.717, 1.165) is 27.5 Å². The molecule has 2 heterocycles. The largest absolute Gasteiger partial charge is 0.464 e. The summed E-state index contributed by atoms with van der Waals surface area (Å²) in [5.74, 6) is 0.372. The molecule has 0 unspecified atom stereocenters. The molecule has 6 heteroatoms. The molecule has 0 saturated carbocycles. The molecule has 1 aromatic carbocycles. The average molecular weight is 330 g/mol. The van der Waals surface area contributed by atoms with Gasteiger partial charge in [-0.15, -0.1) is 0 Å². The Balaban J connectivity index is 2.04. The van der Waals surface area contributed by atoms with Crippen molar-refractivity contribution in [1.29, 1.82) is 0 Å². The van der Waals surface area contributed by atoms with Gasteiger partial charge in [-0.1, -0.05) is 17.7 Å². The lowest BCUT2D eigenvalue weighted by molar-refractivity contribution is 0.0594. The summed E-state index contributed by atoms with van der Waals surface area (Å²) in [6, 6.07) is 9.34. The molecule has 0 atom stereocenters. The third kappa shape index (κ3) is 2.92. The van der Waals surface area contributed by atoms with Gasteiger partial charge in [0.15, 0.2) is 11.3 Å². The number of carbonyl (C=O) groups excluding carboxylic acids is 1. The Bertz CT molecular complexity index is 902. The smallest absolute Gasteiger partial charge is 0.356 e. The number of esters is 1. The highest BCUT2D eigenvalue weighted by Gasteiger charge is 2.14. The zero-order valence-corrected chi connectivity index (χ0v) is 13.9. The number of imidazole rings is 1. The number of benzene rings is 1. The van der Waals surface area contributed by atoms with Gasteiger partial charge >= 0.3 is 5.97 Å². The number of hydrogen-bond acceptors (Lipinski definition) is 4. The van der Waals surface area contributed by atoms with Crippen molar-refractivity contribution < 1.29 is 9.53 Å². The fraction of sp³-hybridized carbons (Fsp3) is 0.235. The van der Waals surface area contributed by atoms with Crippen LogP contribution in [-0.4, -0.2) is 27.6 Å². The van der Waals surface area contributed by atoms with Crippen LogP contribution in [0.5, 0.6) is 0 Å². The van der Waals surface area contributed by atoms with Gasteiger partial charge in [-0.05, 0) is 49.2 Å². The Morgan fingerprint density at radius 2 is 2.00 bits per heavy atom. The number of rotatable bonds is 3. The molecular weight excluding hydrogens is 314 g/mol. The number of ether oxygens (including phenoxy) is 1. The molecule has 118 valence electrons. The topological polar surface area (TPSA) is 57.0 Å². The summed E-state index contributed by atoms with van der Waals surface area (Å²) in [5, 5.41) is 0.725. The van der Waals surface area contributed by atoms with Gasteiger partial charge in [0.25, 0.3) is 0 Å². The van der Waals surface area contributed by atoms with E-state index in [1.807, 2.05) is 38.1 Å². The number of nitrogens with zero attached hydrogens (tertiary/aromatic N) is 3. The van der Waals surface area contributed by atoms with Crippen LogP contribution in [0, 0.1) is 13.8 Å². The van der Waals surface area contributed by atoms with Crippen molar-refractivity contribution >= 4 is 28.7 Å². The predicted molar refractivity (Wildman–Crippen MR) is 88.9 cm³/mol. The molecule has 3 rings (SSSR count). The van der Waals surface area contributed by atoms with E-state index < -0.39 is 5.97 Å². The normalized spacial score (nSPS) is 11.0. The molecule has 0 aliphatic carbocycles. The summed E-state index contributed by atoms with van der Waals surface area (Å²) in [6.07, 6.45) is 0. The number of methoxy groups -OCH3 is 1. The summed E-state index contributed by atoms with van der Waals surface area (Å²) in [5.41, 5.74) is 3.96. The lowest BCUT2D eigenvalue weighted by Gasteiger charge is -2.10. The summed E-state index contributed by atoms with van der Waals surface area (Å²) in [4.78, 5) is 20.3. The molecule has 2 aromatic heterocycles. The van der Waals surface area contributed by atoms with Gasteiger partial charge < -0.3 is 9.30 Å². The highest BCUT2D eigenvalue weighted by molar-refractivity contribution is 6.30. The first-order chi connectivity index (χ1) is 11.0. The number of pyridine rings is 1. The number of aromatic nitrogens is 3. The Labute approximate surface area is 138 Å². The highest BCUT2D eigenvalue weighted by atomic mass is 35.5. The SMILES string of the molecule is COC(=O)c1ccc2c(n1)nc(C)n2Cc1ccc(Cl)cc1C. The van der Waals surface area contributed by atoms with Crippen molar-refractivity contribution in [2.24, 2.45) is 0 Å². The lowest BCUT2D eigenvalue weighted by atomic mass is 10.1. The highest BCUT2D eigenvalue weighted by Crippen LogP contribution is 2.20. The van der Waals surface area contributed by atoms with Gasteiger partial charge in [0.2, 0.25) is 0 Å². The quantitative estimate of drug-likeness (QED) is 0.690. The van der Waals surface area contributed by atoms with E-state index in [1.54, 1.807) is 6.07 Å². The van der Waals surface area contributed by atoms with Crippen molar-refractivity contribution in [2.75, 3.05) is 7.11 Å². The molecule has 3 aromatic rings. The van der Waals surface area contributed by atoms with E-state index in [0.29, 0.717) is 12.2 Å². The Morgan fingerprint density at radius 3 is 2.70 bits per heavy atom. The number of fused-ring (bicyclic) bond motifs is 1. The zero-order chi connectivity index (χ0) is 16.6. The minimum Gasteiger partial charge on any atom is -0.464 e. The maximum atomic E-state index is 11.6. The minimum atomic E-state index is -0.465. The average Bonchev–Trinajstić information content (AvgIpc) is 2.84. The molecule has 0 saturated heterocycles. The van der Waals surface area contributed by atoms with Gasteiger partial charge in [0, 0.05) is 11.6 Å². The summed E-state index contributed by atoms with van der Waals surface area (Å²) < 4.78 is 6.77. The van der Waals surface area contributed by atoms with Gasteiger partial charge in [-0.3, -0.25) is 0 Å². The van der Waals surface area contributed by atoms with Crippen LogP contribution in [0.25, 0.3) is 11.2 Å². The Morgan fingerprint density at radius 1 is 1.22 bits per heavy atom. The number of halogens is 1. The summed E-state index contributed by atoms with van der Waals surface area (Å²) in [7, 11) is 1.33. The van der Waals surface area contributed by atoms with Crippen LogP contribution in [0.1, 0.15) is 27.4 Å². The van der Waals surface area contributed by atoms with E-state index in [4.69, 9.17) is 16.3 Å². The fourth-order valence-electron chi connectivity index (χ4n) is 2.55. The maximum absolute atomic E-state index is 11.6. The van der Waals surface area contributed by atoms with Crippen molar-refractivity contribution in [3.63, 3.8) is 0 Å². The van der Waals surface area contributed by atoms with Gasteiger partial charge in [-0.25, -0.2) is 14.8 Å².